The van der Waals surface area contributed by atoms with E-state index in [-0.39, 0.29) is 22.5 Å². The van der Waals surface area contributed by atoms with Gasteiger partial charge in [0.25, 0.3) is 11.5 Å². The number of halogens is 4. The largest absolute Gasteiger partial charge is 0.618 e. The number of carbonyl (C=O) groups excluding carboxylic acids is 1. The third kappa shape index (κ3) is 2.21. The number of benzene rings is 2. The van der Waals surface area contributed by atoms with E-state index in [9.17, 15) is 23.2 Å². The van der Waals surface area contributed by atoms with Crippen molar-refractivity contribution in [3.8, 4) is 0 Å². The normalized spacial score (nSPS) is 14.5. The molecule has 0 bridgehead atoms. The van der Waals surface area contributed by atoms with Crippen LogP contribution < -0.4 is 0 Å². The molecule has 0 fully saturated rings. The molecular formula is C15H7BrF3NO2. The molecule has 2 aromatic carbocycles. The van der Waals surface area contributed by atoms with Crippen LogP contribution in [0.25, 0.3) is 0 Å². The molecule has 1 heterocycles. The molecule has 3 rings (SSSR count). The fraction of sp³-hybridized carbons (Fsp3) is 0.0667. The third-order valence-electron chi connectivity index (χ3n) is 3.34. The maximum atomic E-state index is 12.6. The summed E-state index contributed by atoms with van der Waals surface area (Å²) in [6.07, 6.45) is -4.47. The van der Waals surface area contributed by atoms with Crippen molar-refractivity contribution in [2.45, 2.75) is 6.18 Å². The highest BCUT2D eigenvalue weighted by Crippen LogP contribution is 2.35. The van der Waals surface area contributed by atoms with Gasteiger partial charge in [-0.15, -0.1) is 0 Å². The van der Waals surface area contributed by atoms with E-state index in [2.05, 4.69) is 15.9 Å². The van der Waals surface area contributed by atoms with Gasteiger partial charge in [-0.25, -0.2) is 0 Å². The number of alkyl halides is 3. The molecule has 0 N–H and O–H groups in total. The predicted octanol–water partition coefficient (Wildman–Crippen LogP) is 4.30. The summed E-state index contributed by atoms with van der Waals surface area (Å²) in [5.74, 6) is -0.508. The lowest BCUT2D eigenvalue weighted by molar-refractivity contribution is -0.356. The monoisotopic (exact) mass is 369 g/mol. The first-order valence-electron chi connectivity index (χ1n) is 6.16. The minimum atomic E-state index is -4.47. The Hall–Kier alpha value is -2.15. The molecule has 0 radical (unpaired) electrons. The maximum absolute atomic E-state index is 12.6. The zero-order valence-corrected chi connectivity index (χ0v) is 12.4. The van der Waals surface area contributed by atoms with Crippen LogP contribution in [-0.4, -0.2) is 16.2 Å². The fourth-order valence-corrected chi connectivity index (χ4v) is 2.83. The first kappa shape index (κ1) is 14.8. The summed E-state index contributed by atoms with van der Waals surface area (Å²) in [6.45, 7) is 0. The Labute approximate surface area is 131 Å². The molecule has 112 valence electrons. The molecule has 0 atom stereocenters. The lowest BCUT2D eigenvalue weighted by atomic mass is 10.0. The number of Topliss-reactive ketones (excluding diaryl/α,β-unsaturated/α-hetero) is 1. The second kappa shape index (κ2) is 4.95. The number of hydrogen-bond donors (Lipinski definition) is 0. The van der Waals surface area contributed by atoms with Gasteiger partial charge >= 0.3 is 6.18 Å². The Morgan fingerprint density at radius 1 is 1.05 bits per heavy atom. The summed E-state index contributed by atoms with van der Waals surface area (Å²) in [7, 11) is 0. The van der Waals surface area contributed by atoms with E-state index in [4.69, 9.17) is 0 Å². The van der Waals surface area contributed by atoms with Gasteiger partial charge in [0.15, 0.2) is 0 Å². The average molecular weight is 370 g/mol. The average Bonchev–Trinajstić information content (AvgIpc) is 2.71. The van der Waals surface area contributed by atoms with Crippen LogP contribution in [0.15, 0.2) is 46.9 Å². The van der Waals surface area contributed by atoms with Crippen LogP contribution in [0.5, 0.6) is 0 Å². The standard InChI is InChI=1S/C15H7BrF3NO2/c16-11-3-1-2-10-13(11)20(22)12(14(10)21)8-4-6-9(7-5-8)15(17,18)19/h1-7H. The molecule has 0 saturated heterocycles. The van der Waals surface area contributed by atoms with Crippen molar-refractivity contribution in [3.63, 3.8) is 0 Å². The van der Waals surface area contributed by atoms with E-state index in [1.165, 1.54) is 6.07 Å². The Morgan fingerprint density at radius 2 is 1.68 bits per heavy atom. The molecule has 1 aliphatic rings. The van der Waals surface area contributed by atoms with Crippen molar-refractivity contribution in [1.82, 2.24) is 0 Å². The highest BCUT2D eigenvalue weighted by Gasteiger charge is 2.38. The molecule has 0 aromatic heterocycles. The molecule has 0 amide bonds. The van der Waals surface area contributed by atoms with E-state index in [0.29, 0.717) is 9.21 Å². The summed E-state index contributed by atoms with van der Waals surface area (Å²) < 4.78 is 38.6. The Bertz CT molecular complexity index is 811. The van der Waals surface area contributed by atoms with Crippen molar-refractivity contribution >= 4 is 33.1 Å². The summed E-state index contributed by atoms with van der Waals surface area (Å²) in [6, 6.07) is 8.69. The van der Waals surface area contributed by atoms with E-state index in [1.54, 1.807) is 12.1 Å². The Balaban J connectivity index is 2.10. The summed E-state index contributed by atoms with van der Waals surface area (Å²) in [5.41, 5.74) is -0.480. The van der Waals surface area contributed by atoms with E-state index in [1.807, 2.05) is 0 Å². The molecule has 2 aromatic rings. The van der Waals surface area contributed by atoms with E-state index >= 15 is 0 Å². The number of ketones is 1. The lowest BCUT2D eigenvalue weighted by Gasteiger charge is -2.07. The second-order valence-electron chi connectivity index (χ2n) is 4.68. The van der Waals surface area contributed by atoms with Gasteiger partial charge in [-0.2, -0.15) is 17.9 Å². The number of carbonyl (C=O) groups is 1. The first-order chi connectivity index (χ1) is 10.3. The quantitative estimate of drug-likeness (QED) is 0.555. The topological polar surface area (TPSA) is 43.1 Å². The number of nitrogens with zero attached hydrogens (tertiary/aromatic N) is 1. The van der Waals surface area contributed by atoms with Gasteiger partial charge in [-0.1, -0.05) is 6.07 Å². The molecule has 7 heteroatoms. The molecule has 0 saturated carbocycles. The molecule has 0 spiro atoms. The fourth-order valence-electron chi connectivity index (χ4n) is 2.30. The van der Waals surface area contributed by atoms with Gasteiger partial charge in [-0.3, -0.25) is 4.79 Å². The number of fused-ring (bicyclic) bond motifs is 1. The smallest absolute Gasteiger partial charge is 0.416 e. The highest BCUT2D eigenvalue weighted by atomic mass is 79.9. The number of para-hydroxylation sites is 1. The van der Waals surface area contributed by atoms with Crippen LogP contribution in [0, 0.1) is 5.21 Å². The summed E-state index contributed by atoms with van der Waals surface area (Å²) >= 11 is 3.20. The zero-order chi connectivity index (χ0) is 16.1. The van der Waals surface area contributed by atoms with Gasteiger partial charge in [-0.05, 0) is 52.3 Å². The van der Waals surface area contributed by atoms with Crippen LogP contribution in [-0.2, 0) is 6.18 Å². The van der Waals surface area contributed by atoms with Gasteiger partial charge in [0.05, 0.1) is 15.6 Å². The van der Waals surface area contributed by atoms with Gasteiger partial charge < -0.3 is 5.21 Å². The highest BCUT2D eigenvalue weighted by molar-refractivity contribution is 9.10. The van der Waals surface area contributed by atoms with Crippen LogP contribution in [0.3, 0.4) is 0 Å². The van der Waals surface area contributed by atoms with Crippen molar-refractivity contribution in [2.24, 2.45) is 0 Å². The van der Waals surface area contributed by atoms with E-state index < -0.39 is 17.5 Å². The van der Waals surface area contributed by atoms with Crippen LogP contribution >= 0.6 is 15.9 Å². The Morgan fingerprint density at radius 3 is 2.23 bits per heavy atom. The Kier molecular flexibility index (Phi) is 3.32. The zero-order valence-electron chi connectivity index (χ0n) is 10.8. The summed E-state index contributed by atoms with van der Waals surface area (Å²) in [4.78, 5) is 12.3. The maximum Gasteiger partial charge on any atom is 0.416 e. The summed E-state index contributed by atoms with van der Waals surface area (Å²) in [5, 5.41) is 12.3. The SMILES string of the molecule is O=C1C(c2ccc(C(F)(F)F)cc2)=[N+]([O-])c2c(Br)cccc21. The van der Waals surface area contributed by atoms with Gasteiger partial charge in [0.1, 0.15) is 5.56 Å². The van der Waals surface area contributed by atoms with Crippen LogP contribution in [0.2, 0.25) is 0 Å². The number of rotatable bonds is 1. The van der Waals surface area contributed by atoms with Gasteiger partial charge in [0, 0.05) is 0 Å². The van der Waals surface area contributed by atoms with Crippen molar-refractivity contribution in [2.75, 3.05) is 0 Å². The van der Waals surface area contributed by atoms with Crippen molar-refractivity contribution < 1.29 is 22.7 Å². The minimum Gasteiger partial charge on any atom is -0.618 e. The van der Waals surface area contributed by atoms with Crippen LogP contribution in [0.4, 0.5) is 18.9 Å². The molecule has 22 heavy (non-hydrogen) atoms. The molecular weight excluding hydrogens is 363 g/mol. The first-order valence-corrected chi connectivity index (χ1v) is 6.95. The van der Waals surface area contributed by atoms with Crippen molar-refractivity contribution in [1.29, 1.82) is 0 Å². The van der Waals surface area contributed by atoms with Crippen molar-refractivity contribution in [3.05, 3.63) is 68.8 Å². The lowest BCUT2D eigenvalue weighted by Crippen LogP contribution is -2.17. The molecule has 3 nitrogen and oxygen atoms in total. The third-order valence-corrected chi connectivity index (χ3v) is 3.98. The minimum absolute atomic E-state index is 0.149. The van der Waals surface area contributed by atoms with Crippen LogP contribution in [0.1, 0.15) is 21.5 Å². The van der Waals surface area contributed by atoms with E-state index in [0.717, 1.165) is 24.3 Å². The van der Waals surface area contributed by atoms with Gasteiger partial charge in [0.2, 0.25) is 5.69 Å². The second-order valence-corrected chi connectivity index (χ2v) is 5.54. The molecule has 0 unspecified atom stereocenters. The number of hydrogen-bond acceptors (Lipinski definition) is 2. The molecule has 0 aliphatic carbocycles. The molecule has 1 aliphatic heterocycles. The predicted molar refractivity (Wildman–Crippen MR) is 77.3 cm³/mol.